The number of hydrogen-bond donors (Lipinski definition) is 1. The van der Waals surface area contributed by atoms with Crippen LogP contribution in [0.3, 0.4) is 0 Å². The molecule has 0 heterocycles. The van der Waals surface area contributed by atoms with Crippen molar-refractivity contribution in [2.45, 2.75) is 111 Å². The Labute approximate surface area is 170 Å². The second kappa shape index (κ2) is 19.2. The van der Waals surface area contributed by atoms with E-state index in [1.165, 1.54) is 64.2 Å². The molecule has 164 valence electrons. The third-order valence-electron chi connectivity index (χ3n) is 5.52. The highest BCUT2D eigenvalue weighted by atomic mass is 16.5. The van der Waals surface area contributed by atoms with Crippen molar-refractivity contribution >= 4 is 0 Å². The standard InChI is InChI=1S/C24H50O3/c1-6-27-24(19-25)20-26-18-10-8-7-9-14-22(4)16-12-17-23(5)15-11-13-21(2)3/h21-25H,6-20H2,1-5H3/t22-,23-,24+/m0/s1. The molecule has 3 heteroatoms. The van der Waals surface area contributed by atoms with E-state index in [0.717, 1.165) is 30.8 Å². The van der Waals surface area contributed by atoms with Gasteiger partial charge < -0.3 is 14.6 Å². The number of aliphatic hydroxyl groups excluding tert-OH is 1. The molecule has 0 aliphatic carbocycles. The lowest BCUT2D eigenvalue weighted by atomic mass is 9.92. The van der Waals surface area contributed by atoms with Gasteiger partial charge in [-0.25, -0.2) is 0 Å². The van der Waals surface area contributed by atoms with Gasteiger partial charge in [-0.1, -0.05) is 91.9 Å². The van der Waals surface area contributed by atoms with E-state index < -0.39 is 0 Å². The molecule has 0 aliphatic rings. The van der Waals surface area contributed by atoms with Crippen molar-refractivity contribution in [2.75, 3.05) is 26.4 Å². The van der Waals surface area contributed by atoms with Crippen LogP contribution in [-0.2, 0) is 9.47 Å². The Bertz CT molecular complexity index is 293. The molecule has 0 amide bonds. The minimum Gasteiger partial charge on any atom is -0.394 e. The molecule has 27 heavy (non-hydrogen) atoms. The summed E-state index contributed by atoms with van der Waals surface area (Å²) in [4.78, 5) is 0. The van der Waals surface area contributed by atoms with Crippen molar-refractivity contribution in [3.05, 3.63) is 0 Å². The molecule has 0 spiro atoms. The van der Waals surface area contributed by atoms with Gasteiger partial charge in [0.05, 0.1) is 13.2 Å². The van der Waals surface area contributed by atoms with E-state index in [1.807, 2.05) is 6.92 Å². The fourth-order valence-electron chi connectivity index (χ4n) is 3.63. The molecule has 0 radical (unpaired) electrons. The maximum atomic E-state index is 9.13. The lowest BCUT2D eigenvalue weighted by molar-refractivity contribution is -0.0384. The van der Waals surface area contributed by atoms with Crippen LogP contribution >= 0.6 is 0 Å². The van der Waals surface area contributed by atoms with E-state index in [4.69, 9.17) is 14.6 Å². The van der Waals surface area contributed by atoms with Crippen molar-refractivity contribution in [3.8, 4) is 0 Å². The number of hydrogen-bond acceptors (Lipinski definition) is 3. The molecule has 0 aromatic carbocycles. The topological polar surface area (TPSA) is 38.7 Å². The van der Waals surface area contributed by atoms with Crippen molar-refractivity contribution in [3.63, 3.8) is 0 Å². The SMILES string of the molecule is CCO[C@H](CO)COCCCCCC[C@H](C)CCC[C@@H](C)CCCC(C)C. The van der Waals surface area contributed by atoms with Crippen LogP contribution in [0.1, 0.15) is 105 Å². The smallest absolute Gasteiger partial charge is 0.104 e. The van der Waals surface area contributed by atoms with Crippen LogP contribution in [-0.4, -0.2) is 37.6 Å². The molecule has 3 atom stereocenters. The summed E-state index contributed by atoms with van der Waals surface area (Å²) < 4.78 is 11.0. The summed E-state index contributed by atoms with van der Waals surface area (Å²) in [5.74, 6) is 2.64. The molecule has 1 N–H and O–H groups in total. The molecule has 0 fully saturated rings. The molecular formula is C24H50O3. The van der Waals surface area contributed by atoms with Gasteiger partial charge in [0.15, 0.2) is 0 Å². The molecule has 3 nitrogen and oxygen atoms in total. The van der Waals surface area contributed by atoms with E-state index in [1.54, 1.807) is 0 Å². The van der Waals surface area contributed by atoms with Crippen LogP contribution in [0.15, 0.2) is 0 Å². The quantitative estimate of drug-likeness (QED) is 0.239. The van der Waals surface area contributed by atoms with Gasteiger partial charge in [0.25, 0.3) is 0 Å². The molecule has 0 aromatic heterocycles. The lowest BCUT2D eigenvalue weighted by Gasteiger charge is -2.15. The number of ether oxygens (including phenoxy) is 2. The van der Waals surface area contributed by atoms with E-state index >= 15 is 0 Å². The first-order chi connectivity index (χ1) is 13.0. The Hall–Kier alpha value is -0.120. The van der Waals surface area contributed by atoms with Crippen molar-refractivity contribution in [2.24, 2.45) is 17.8 Å². The van der Waals surface area contributed by atoms with Gasteiger partial charge in [0, 0.05) is 13.2 Å². The first-order valence-corrected chi connectivity index (χ1v) is 11.8. The summed E-state index contributed by atoms with van der Waals surface area (Å²) in [5, 5.41) is 9.13. The predicted molar refractivity (Wildman–Crippen MR) is 117 cm³/mol. The molecule has 0 aromatic rings. The van der Waals surface area contributed by atoms with E-state index in [-0.39, 0.29) is 12.7 Å². The maximum Gasteiger partial charge on any atom is 0.104 e. The van der Waals surface area contributed by atoms with Crippen LogP contribution in [0, 0.1) is 17.8 Å². The molecule has 0 aliphatic heterocycles. The Morgan fingerprint density at radius 3 is 1.81 bits per heavy atom. The highest BCUT2D eigenvalue weighted by Crippen LogP contribution is 2.21. The van der Waals surface area contributed by atoms with Gasteiger partial charge in [-0.05, 0) is 31.1 Å². The van der Waals surface area contributed by atoms with Gasteiger partial charge in [-0.2, -0.15) is 0 Å². The maximum absolute atomic E-state index is 9.13. The Morgan fingerprint density at radius 1 is 0.704 bits per heavy atom. The summed E-state index contributed by atoms with van der Waals surface area (Å²) in [6.45, 7) is 13.4. The average molecular weight is 387 g/mol. The minimum absolute atomic E-state index is 0.0441. The number of aliphatic hydroxyl groups is 1. The monoisotopic (exact) mass is 386 g/mol. The zero-order valence-corrected chi connectivity index (χ0v) is 19.2. The summed E-state index contributed by atoms with van der Waals surface area (Å²) in [6.07, 6.45) is 14.7. The molecule has 0 bridgehead atoms. The van der Waals surface area contributed by atoms with Crippen molar-refractivity contribution in [1.29, 1.82) is 0 Å². The average Bonchev–Trinajstić information content (AvgIpc) is 2.62. The third kappa shape index (κ3) is 19.0. The molecule has 0 saturated carbocycles. The first-order valence-electron chi connectivity index (χ1n) is 11.8. The van der Waals surface area contributed by atoms with E-state index in [2.05, 4.69) is 27.7 Å². The van der Waals surface area contributed by atoms with E-state index in [0.29, 0.717) is 13.2 Å². The van der Waals surface area contributed by atoms with Gasteiger partial charge >= 0.3 is 0 Å². The van der Waals surface area contributed by atoms with Gasteiger partial charge in [-0.15, -0.1) is 0 Å². The van der Waals surface area contributed by atoms with E-state index in [9.17, 15) is 0 Å². The highest BCUT2D eigenvalue weighted by molar-refractivity contribution is 4.60. The van der Waals surface area contributed by atoms with Crippen LogP contribution in [0.4, 0.5) is 0 Å². The first kappa shape index (κ1) is 26.9. The van der Waals surface area contributed by atoms with Crippen LogP contribution in [0.2, 0.25) is 0 Å². The van der Waals surface area contributed by atoms with Crippen LogP contribution in [0.25, 0.3) is 0 Å². The number of rotatable bonds is 20. The molecule has 0 unspecified atom stereocenters. The van der Waals surface area contributed by atoms with Gasteiger partial charge in [0.2, 0.25) is 0 Å². The Kier molecular flexibility index (Phi) is 19.1. The van der Waals surface area contributed by atoms with Crippen LogP contribution in [0.5, 0.6) is 0 Å². The fraction of sp³-hybridized carbons (Fsp3) is 1.00. The highest BCUT2D eigenvalue weighted by Gasteiger charge is 2.07. The second-order valence-corrected chi connectivity index (χ2v) is 9.00. The summed E-state index contributed by atoms with van der Waals surface area (Å²) in [7, 11) is 0. The number of unbranched alkanes of at least 4 members (excludes halogenated alkanes) is 3. The zero-order valence-electron chi connectivity index (χ0n) is 19.2. The fourth-order valence-corrected chi connectivity index (χ4v) is 3.63. The lowest BCUT2D eigenvalue weighted by Crippen LogP contribution is -2.24. The predicted octanol–water partition coefficient (Wildman–Crippen LogP) is 6.62. The largest absolute Gasteiger partial charge is 0.394 e. The summed E-state index contributed by atoms with van der Waals surface area (Å²) in [5.41, 5.74) is 0. The Morgan fingerprint density at radius 2 is 1.26 bits per heavy atom. The molecular weight excluding hydrogens is 336 g/mol. The Balaban J connectivity index is 3.40. The zero-order chi connectivity index (χ0) is 20.3. The van der Waals surface area contributed by atoms with Crippen molar-refractivity contribution in [1.82, 2.24) is 0 Å². The normalized spacial score (nSPS) is 15.2. The minimum atomic E-state index is -0.159. The van der Waals surface area contributed by atoms with Crippen molar-refractivity contribution < 1.29 is 14.6 Å². The second-order valence-electron chi connectivity index (χ2n) is 9.00. The summed E-state index contributed by atoms with van der Waals surface area (Å²) in [6, 6.07) is 0. The third-order valence-corrected chi connectivity index (χ3v) is 5.52. The summed E-state index contributed by atoms with van der Waals surface area (Å²) >= 11 is 0. The van der Waals surface area contributed by atoms with Gasteiger partial charge in [0.1, 0.15) is 6.10 Å². The molecule has 0 saturated heterocycles. The molecule has 0 rings (SSSR count). The van der Waals surface area contributed by atoms with Gasteiger partial charge in [-0.3, -0.25) is 0 Å². The van der Waals surface area contributed by atoms with Crippen LogP contribution < -0.4 is 0 Å².